The molecule has 2 aromatic rings. The second kappa shape index (κ2) is 10.6. The van der Waals surface area contributed by atoms with Crippen molar-refractivity contribution in [3.05, 3.63) is 77.9 Å². The summed E-state index contributed by atoms with van der Waals surface area (Å²) in [5.41, 5.74) is 3.45. The monoisotopic (exact) mass is 396 g/mol. The van der Waals surface area contributed by atoms with E-state index in [9.17, 15) is 0 Å². The number of hydrogen-bond donors (Lipinski definition) is 0. The third kappa shape index (κ3) is 5.69. The van der Waals surface area contributed by atoms with Gasteiger partial charge < -0.3 is 18.9 Å². The maximum atomic E-state index is 6.40. The molecule has 0 aliphatic carbocycles. The Morgan fingerprint density at radius 3 is 2.45 bits per heavy atom. The number of methoxy groups -OCH3 is 1. The minimum atomic E-state index is -0.0743. The zero-order chi connectivity index (χ0) is 20.6. The SMILES string of the molecule is C=C[C@@H](C)C1OCc2ccccc2COCC(OCc2ccc(OC)cc2)[C@@H]1C. The standard InChI is InChI=1S/C25H32O4/c1-5-18(2)25-19(3)24(28-14-20-10-12-23(26-4)13-11-20)17-27-15-21-8-6-7-9-22(21)16-29-25/h5-13,18-19,24-25H,1,14-17H2,2-4H3/t18-,19+,24?,25?/m1/s1. The first-order valence-corrected chi connectivity index (χ1v) is 10.3. The molecule has 3 rings (SSSR count). The third-order valence-corrected chi connectivity index (χ3v) is 5.71. The number of ether oxygens (including phenoxy) is 4. The van der Waals surface area contributed by atoms with E-state index < -0.39 is 0 Å². The Balaban J connectivity index is 1.74. The Morgan fingerprint density at radius 1 is 1.10 bits per heavy atom. The van der Waals surface area contributed by atoms with E-state index in [0.717, 1.165) is 11.3 Å². The lowest BCUT2D eigenvalue weighted by atomic mass is 9.89. The van der Waals surface area contributed by atoms with Crippen LogP contribution in [0.25, 0.3) is 0 Å². The van der Waals surface area contributed by atoms with Crippen LogP contribution in [-0.2, 0) is 34.0 Å². The molecule has 0 radical (unpaired) electrons. The van der Waals surface area contributed by atoms with Gasteiger partial charge in [0.15, 0.2) is 0 Å². The molecule has 2 unspecified atom stereocenters. The average molecular weight is 397 g/mol. The highest BCUT2D eigenvalue weighted by atomic mass is 16.5. The molecule has 0 saturated heterocycles. The van der Waals surface area contributed by atoms with Crippen LogP contribution in [-0.4, -0.2) is 25.9 Å². The van der Waals surface area contributed by atoms with E-state index in [1.165, 1.54) is 11.1 Å². The van der Waals surface area contributed by atoms with Crippen molar-refractivity contribution in [2.45, 2.75) is 45.9 Å². The van der Waals surface area contributed by atoms with E-state index >= 15 is 0 Å². The Hall–Kier alpha value is -2.14. The fourth-order valence-corrected chi connectivity index (χ4v) is 3.71. The second-order valence-electron chi connectivity index (χ2n) is 7.71. The highest BCUT2D eigenvalue weighted by molar-refractivity contribution is 5.27. The van der Waals surface area contributed by atoms with Gasteiger partial charge in [-0.05, 0) is 28.8 Å². The quantitative estimate of drug-likeness (QED) is 0.633. The molecule has 2 aromatic carbocycles. The van der Waals surface area contributed by atoms with Gasteiger partial charge in [0.1, 0.15) is 5.75 Å². The van der Waals surface area contributed by atoms with Crippen LogP contribution in [0.15, 0.2) is 61.2 Å². The molecule has 0 spiro atoms. The minimum absolute atomic E-state index is 0.00289. The van der Waals surface area contributed by atoms with Gasteiger partial charge in [-0.3, -0.25) is 0 Å². The van der Waals surface area contributed by atoms with Crippen LogP contribution in [0, 0.1) is 11.8 Å². The minimum Gasteiger partial charge on any atom is -0.497 e. The molecule has 0 saturated carbocycles. The van der Waals surface area contributed by atoms with Gasteiger partial charge in [-0.25, -0.2) is 0 Å². The molecule has 0 N–H and O–H groups in total. The summed E-state index contributed by atoms with van der Waals surface area (Å²) in [6.45, 7) is 10.5. The van der Waals surface area contributed by atoms with Gasteiger partial charge in [-0.1, -0.05) is 56.3 Å². The molecule has 0 amide bonds. The fourth-order valence-electron chi connectivity index (χ4n) is 3.71. The molecule has 0 bridgehead atoms. The van der Waals surface area contributed by atoms with Crippen molar-refractivity contribution in [1.82, 2.24) is 0 Å². The maximum absolute atomic E-state index is 6.40. The molecule has 1 aliphatic rings. The van der Waals surface area contributed by atoms with E-state index in [4.69, 9.17) is 18.9 Å². The highest BCUT2D eigenvalue weighted by Gasteiger charge is 2.31. The van der Waals surface area contributed by atoms with E-state index in [1.807, 2.05) is 42.5 Å². The van der Waals surface area contributed by atoms with Crippen molar-refractivity contribution in [3.63, 3.8) is 0 Å². The van der Waals surface area contributed by atoms with Gasteiger partial charge in [-0.2, -0.15) is 0 Å². The summed E-state index contributed by atoms with van der Waals surface area (Å²) < 4.78 is 24.0. The Labute approximate surface area is 174 Å². The molecule has 0 aromatic heterocycles. The summed E-state index contributed by atoms with van der Waals surface area (Å²) in [6, 6.07) is 16.3. The smallest absolute Gasteiger partial charge is 0.118 e. The van der Waals surface area contributed by atoms with E-state index in [1.54, 1.807) is 7.11 Å². The molecule has 4 nitrogen and oxygen atoms in total. The molecule has 29 heavy (non-hydrogen) atoms. The Kier molecular flexibility index (Phi) is 7.87. The molecule has 4 atom stereocenters. The topological polar surface area (TPSA) is 36.9 Å². The van der Waals surface area contributed by atoms with Crippen LogP contribution < -0.4 is 4.74 Å². The van der Waals surface area contributed by atoms with Crippen molar-refractivity contribution < 1.29 is 18.9 Å². The van der Waals surface area contributed by atoms with E-state index in [2.05, 4.69) is 32.6 Å². The molecule has 4 heteroatoms. The number of rotatable bonds is 6. The lowest BCUT2D eigenvalue weighted by Crippen LogP contribution is -2.40. The molecule has 0 fully saturated rings. The lowest BCUT2D eigenvalue weighted by molar-refractivity contribution is -0.112. The zero-order valence-electron chi connectivity index (χ0n) is 17.7. The van der Waals surface area contributed by atoms with Crippen LogP contribution in [0.1, 0.15) is 30.5 Å². The van der Waals surface area contributed by atoms with Gasteiger partial charge in [0.05, 0.1) is 45.7 Å². The predicted octanol–water partition coefficient (Wildman–Crippen LogP) is 5.15. The second-order valence-corrected chi connectivity index (χ2v) is 7.71. The first kappa shape index (κ1) is 21.6. The summed E-state index contributed by atoms with van der Waals surface area (Å²) in [6.07, 6.45) is 1.89. The van der Waals surface area contributed by atoms with Crippen LogP contribution >= 0.6 is 0 Å². The van der Waals surface area contributed by atoms with Crippen molar-refractivity contribution in [2.75, 3.05) is 13.7 Å². The normalized spacial score (nSPS) is 23.6. The lowest BCUT2D eigenvalue weighted by Gasteiger charge is -2.35. The maximum Gasteiger partial charge on any atom is 0.118 e. The van der Waals surface area contributed by atoms with Gasteiger partial charge in [0.2, 0.25) is 0 Å². The van der Waals surface area contributed by atoms with Crippen LogP contribution in [0.2, 0.25) is 0 Å². The van der Waals surface area contributed by atoms with Crippen molar-refractivity contribution >= 4 is 0 Å². The van der Waals surface area contributed by atoms with E-state index in [-0.39, 0.29) is 24.0 Å². The van der Waals surface area contributed by atoms with E-state index in [0.29, 0.717) is 26.4 Å². The molecule has 156 valence electrons. The molecule has 1 heterocycles. The van der Waals surface area contributed by atoms with Gasteiger partial charge in [0.25, 0.3) is 0 Å². The average Bonchev–Trinajstić information content (AvgIpc) is 2.76. The van der Waals surface area contributed by atoms with Crippen molar-refractivity contribution in [2.24, 2.45) is 11.8 Å². The van der Waals surface area contributed by atoms with Gasteiger partial charge >= 0.3 is 0 Å². The fraction of sp³-hybridized carbons (Fsp3) is 0.440. The number of hydrogen-bond acceptors (Lipinski definition) is 4. The summed E-state index contributed by atoms with van der Waals surface area (Å²) >= 11 is 0. The van der Waals surface area contributed by atoms with Crippen LogP contribution in [0.3, 0.4) is 0 Å². The number of fused-ring (bicyclic) bond motifs is 1. The number of benzene rings is 2. The first-order chi connectivity index (χ1) is 14.1. The summed E-state index contributed by atoms with van der Waals surface area (Å²) in [4.78, 5) is 0. The third-order valence-electron chi connectivity index (χ3n) is 5.71. The first-order valence-electron chi connectivity index (χ1n) is 10.3. The summed E-state index contributed by atoms with van der Waals surface area (Å²) in [5, 5.41) is 0. The van der Waals surface area contributed by atoms with Gasteiger partial charge in [0, 0.05) is 11.8 Å². The van der Waals surface area contributed by atoms with Crippen molar-refractivity contribution in [1.29, 1.82) is 0 Å². The largest absolute Gasteiger partial charge is 0.497 e. The molecular formula is C25H32O4. The summed E-state index contributed by atoms with van der Waals surface area (Å²) in [7, 11) is 1.67. The Morgan fingerprint density at radius 2 is 1.79 bits per heavy atom. The molecule has 1 aliphatic heterocycles. The van der Waals surface area contributed by atoms with Crippen LogP contribution in [0.5, 0.6) is 5.75 Å². The highest BCUT2D eigenvalue weighted by Crippen LogP contribution is 2.27. The summed E-state index contributed by atoms with van der Waals surface area (Å²) in [5.74, 6) is 1.21. The molecular weight excluding hydrogens is 364 g/mol. The van der Waals surface area contributed by atoms with Gasteiger partial charge in [-0.15, -0.1) is 6.58 Å². The zero-order valence-corrected chi connectivity index (χ0v) is 17.7. The Bertz CT molecular complexity index is 771. The van der Waals surface area contributed by atoms with Crippen molar-refractivity contribution in [3.8, 4) is 5.75 Å². The van der Waals surface area contributed by atoms with Crippen LogP contribution in [0.4, 0.5) is 0 Å². The predicted molar refractivity (Wildman–Crippen MR) is 115 cm³/mol.